The zero-order chi connectivity index (χ0) is 9.42. The molecule has 0 fully saturated rings. The van der Waals surface area contributed by atoms with E-state index in [1.807, 2.05) is 6.92 Å². The summed E-state index contributed by atoms with van der Waals surface area (Å²) in [6.45, 7) is 2.19. The average Bonchev–Trinajstić information content (AvgIpc) is 2.47. The molecule has 2 heterocycles. The fourth-order valence-corrected chi connectivity index (χ4v) is 1.96. The normalized spacial score (nSPS) is 10.9. The maximum absolute atomic E-state index is 11.6. The minimum atomic E-state index is -0.0585. The zero-order valence-corrected chi connectivity index (χ0v) is 7.97. The van der Waals surface area contributed by atoms with Crippen molar-refractivity contribution in [2.45, 2.75) is 13.5 Å². The van der Waals surface area contributed by atoms with Gasteiger partial charge in [-0.05, 0) is 6.92 Å². The molecule has 2 aromatic heterocycles. The predicted octanol–water partition coefficient (Wildman–Crippen LogP) is 0.523. The number of aryl methyl sites for hydroxylation is 1. The zero-order valence-electron chi connectivity index (χ0n) is 7.15. The van der Waals surface area contributed by atoms with Gasteiger partial charge in [-0.2, -0.15) is 0 Å². The van der Waals surface area contributed by atoms with E-state index in [-0.39, 0.29) is 12.1 Å². The Morgan fingerprint density at radius 2 is 2.46 bits per heavy atom. The highest BCUT2D eigenvalue weighted by atomic mass is 32.1. The highest BCUT2D eigenvalue weighted by Crippen LogP contribution is 2.12. The number of hydrogen-bond acceptors (Lipinski definition) is 4. The average molecular weight is 195 g/mol. The third-order valence-corrected chi connectivity index (χ3v) is 2.73. The second-order valence-corrected chi connectivity index (χ2v) is 4.00. The van der Waals surface area contributed by atoms with E-state index in [9.17, 15) is 4.79 Å². The fourth-order valence-electron chi connectivity index (χ4n) is 1.17. The van der Waals surface area contributed by atoms with Gasteiger partial charge in [-0.15, -0.1) is 11.3 Å². The number of fused-ring (bicyclic) bond motifs is 1. The summed E-state index contributed by atoms with van der Waals surface area (Å²) < 4.78 is 1.54. The predicted molar refractivity (Wildman–Crippen MR) is 52.0 cm³/mol. The van der Waals surface area contributed by atoms with E-state index in [0.29, 0.717) is 5.56 Å². The van der Waals surface area contributed by atoms with Crippen LogP contribution in [-0.2, 0) is 6.54 Å². The number of nitrogens with zero attached hydrogens (tertiary/aromatic N) is 2. The molecule has 4 nitrogen and oxygen atoms in total. The Morgan fingerprint density at radius 3 is 3.15 bits per heavy atom. The van der Waals surface area contributed by atoms with E-state index in [1.165, 1.54) is 11.3 Å². The first-order valence-electron chi connectivity index (χ1n) is 3.89. The first-order chi connectivity index (χ1) is 6.22. The van der Waals surface area contributed by atoms with Crippen LogP contribution in [0.1, 0.15) is 10.4 Å². The van der Waals surface area contributed by atoms with E-state index in [1.54, 1.807) is 16.8 Å². The molecule has 0 unspecified atom stereocenters. The quantitative estimate of drug-likeness (QED) is 0.721. The van der Waals surface area contributed by atoms with Gasteiger partial charge in [0.1, 0.15) is 0 Å². The Kier molecular flexibility index (Phi) is 1.90. The van der Waals surface area contributed by atoms with Crippen molar-refractivity contribution >= 4 is 16.3 Å². The molecule has 13 heavy (non-hydrogen) atoms. The highest BCUT2D eigenvalue weighted by Gasteiger charge is 2.04. The van der Waals surface area contributed by atoms with Crippen molar-refractivity contribution in [2.24, 2.45) is 5.73 Å². The van der Waals surface area contributed by atoms with Crippen molar-refractivity contribution < 1.29 is 0 Å². The van der Waals surface area contributed by atoms with E-state index in [0.717, 1.165) is 9.84 Å². The van der Waals surface area contributed by atoms with E-state index >= 15 is 0 Å². The Hall–Kier alpha value is -1.20. The largest absolute Gasteiger partial charge is 0.326 e. The Bertz CT molecular complexity index is 500. The van der Waals surface area contributed by atoms with E-state index < -0.39 is 0 Å². The molecule has 2 N–H and O–H groups in total. The van der Waals surface area contributed by atoms with Crippen LogP contribution in [0, 0.1) is 6.92 Å². The number of aromatic nitrogens is 2. The van der Waals surface area contributed by atoms with Crippen LogP contribution in [0.25, 0.3) is 4.96 Å². The van der Waals surface area contributed by atoms with Crippen molar-refractivity contribution in [2.75, 3.05) is 0 Å². The minimum Gasteiger partial charge on any atom is -0.326 e. The molecular weight excluding hydrogens is 186 g/mol. The van der Waals surface area contributed by atoms with Gasteiger partial charge >= 0.3 is 0 Å². The van der Waals surface area contributed by atoms with Crippen molar-refractivity contribution in [3.05, 3.63) is 33.2 Å². The van der Waals surface area contributed by atoms with Gasteiger partial charge < -0.3 is 5.73 Å². The van der Waals surface area contributed by atoms with Crippen LogP contribution in [0.2, 0.25) is 0 Å². The topological polar surface area (TPSA) is 60.4 Å². The lowest BCUT2D eigenvalue weighted by Gasteiger charge is -1.95. The van der Waals surface area contributed by atoms with Crippen molar-refractivity contribution in [3.63, 3.8) is 0 Å². The summed E-state index contributed by atoms with van der Waals surface area (Å²) in [7, 11) is 0. The monoisotopic (exact) mass is 195 g/mol. The molecule has 0 saturated carbocycles. The van der Waals surface area contributed by atoms with Crippen LogP contribution in [0.5, 0.6) is 0 Å². The van der Waals surface area contributed by atoms with Gasteiger partial charge in [-0.1, -0.05) is 0 Å². The molecular formula is C8H9N3OS. The highest BCUT2D eigenvalue weighted by molar-refractivity contribution is 7.16. The van der Waals surface area contributed by atoms with Crippen LogP contribution < -0.4 is 11.3 Å². The van der Waals surface area contributed by atoms with Crippen LogP contribution in [-0.4, -0.2) is 9.38 Å². The molecule has 0 aliphatic heterocycles. The van der Waals surface area contributed by atoms with Gasteiger partial charge in [0.25, 0.3) is 5.56 Å². The number of hydrogen-bond donors (Lipinski definition) is 1. The summed E-state index contributed by atoms with van der Waals surface area (Å²) in [5.41, 5.74) is 5.89. The maximum Gasteiger partial charge on any atom is 0.262 e. The first-order valence-corrected chi connectivity index (χ1v) is 4.71. The van der Waals surface area contributed by atoms with Crippen molar-refractivity contribution in [1.82, 2.24) is 9.38 Å². The molecule has 0 aliphatic carbocycles. The molecule has 0 atom stereocenters. The number of thiazole rings is 1. The summed E-state index contributed by atoms with van der Waals surface area (Å²) in [6.07, 6.45) is 3.34. The molecule has 0 aliphatic rings. The lowest BCUT2D eigenvalue weighted by molar-refractivity contribution is 0.957. The third kappa shape index (κ3) is 1.26. The standard InChI is InChI=1S/C8H9N3OS/c1-5-4-11-7(12)6(2-9)3-10-8(11)13-5/h3-4H,2,9H2,1H3. The molecule has 0 spiro atoms. The molecule has 0 saturated heterocycles. The van der Waals surface area contributed by atoms with Crippen LogP contribution >= 0.6 is 11.3 Å². The van der Waals surface area contributed by atoms with Gasteiger partial charge in [0.2, 0.25) is 0 Å². The molecule has 0 bridgehead atoms. The van der Waals surface area contributed by atoms with Gasteiger partial charge in [0, 0.05) is 29.4 Å². The molecule has 0 amide bonds. The molecule has 0 radical (unpaired) electrons. The SMILES string of the molecule is Cc1cn2c(=O)c(CN)cnc2s1. The summed E-state index contributed by atoms with van der Waals surface area (Å²) in [4.78, 5) is 17.5. The van der Waals surface area contributed by atoms with E-state index in [2.05, 4.69) is 4.98 Å². The minimum absolute atomic E-state index is 0.0585. The van der Waals surface area contributed by atoms with Crippen LogP contribution in [0.15, 0.2) is 17.2 Å². The molecule has 5 heteroatoms. The Labute approximate surface area is 78.7 Å². The van der Waals surface area contributed by atoms with Crippen LogP contribution in [0.3, 0.4) is 0 Å². The molecule has 2 aromatic rings. The smallest absolute Gasteiger partial charge is 0.262 e. The van der Waals surface area contributed by atoms with E-state index in [4.69, 9.17) is 5.73 Å². The van der Waals surface area contributed by atoms with Crippen molar-refractivity contribution in [3.8, 4) is 0 Å². The third-order valence-electron chi connectivity index (χ3n) is 1.81. The van der Waals surface area contributed by atoms with Crippen molar-refractivity contribution in [1.29, 1.82) is 0 Å². The molecule has 2 rings (SSSR count). The Morgan fingerprint density at radius 1 is 1.69 bits per heavy atom. The lowest BCUT2D eigenvalue weighted by atomic mass is 10.3. The summed E-state index contributed by atoms with van der Waals surface area (Å²) in [5, 5.41) is 0. The maximum atomic E-state index is 11.6. The first kappa shape index (κ1) is 8.40. The number of nitrogens with two attached hydrogens (primary N) is 1. The molecule has 0 aromatic carbocycles. The fraction of sp³-hybridized carbons (Fsp3) is 0.250. The van der Waals surface area contributed by atoms with Crippen LogP contribution in [0.4, 0.5) is 0 Å². The lowest BCUT2D eigenvalue weighted by Crippen LogP contribution is -2.19. The molecule has 68 valence electrons. The second-order valence-electron chi connectivity index (χ2n) is 2.79. The van der Waals surface area contributed by atoms with Gasteiger partial charge in [0.05, 0.1) is 0 Å². The van der Waals surface area contributed by atoms with Gasteiger partial charge in [0.15, 0.2) is 4.96 Å². The summed E-state index contributed by atoms with van der Waals surface area (Å²) in [5.74, 6) is 0. The summed E-state index contributed by atoms with van der Waals surface area (Å²) in [6, 6.07) is 0. The van der Waals surface area contributed by atoms with Gasteiger partial charge in [-0.3, -0.25) is 9.20 Å². The second kappa shape index (κ2) is 2.93. The Balaban J connectivity index is 2.86. The van der Waals surface area contributed by atoms with Gasteiger partial charge in [-0.25, -0.2) is 4.98 Å². The summed E-state index contributed by atoms with van der Waals surface area (Å²) >= 11 is 1.50. The number of rotatable bonds is 1.